The largest absolute Gasteiger partial charge is 0.496 e. The van der Waals surface area contributed by atoms with Crippen molar-refractivity contribution in [2.45, 2.75) is 25.5 Å². The summed E-state index contributed by atoms with van der Waals surface area (Å²) in [4.78, 5) is 25.3. The number of β-amino-alcohol motifs (C(OH)–C–C–N with tert-alkyl or cyclic N) is 1. The molecular weight excluding hydrogens is 312 g/mol. The Morgan fingerprint density at radius 1 is 1.42 bits per heavy atom. The molecule has 0 aromatic heterocycles. The van der Waals surface area contributed by atoms with Crippen LogP contribution >= 0.6 is 0 Å². The van der Waals surface area contributed by atoms with E-state index in [1.165, 1.54) is 11.8 Å². The summed E-state index contributed by atoms with van der Waals surface area (Å²) in [5.74, 6) is 0.239. The van der Waals surface area contributed by atoms with Crippen molar-refractivity contribution >= 4 is 11.8 Å². The molecule has 0 saturated carbocycles. The van der Waals surface area contributed by atoms with Gasteiger partial charge in [-0.2, -0.15) is 0 Å². The van der Waals surface area contributed by atoms with Crippen molar-refractivity contribution in [1.82, 2.24) is 10.2 Å². The van der Waals surface area contributed by atoms with Gasteiger partial charge in [0.2, 0.25) is 11.8 Å². The molecule has 7 nitrogen and oxygen atoms in total. The van der Waals surface area contributed by atoms with Gasteiger partial charge in [-0.25, -0.2) is 0 Å². The standard InChI is InChI=1S/C17H24N2O5/c1-13(20)19-7-8-24-12-17(22,11-19)9-16(21)18-10-14-5-3-4-6-15(14)23-2/h3-6,22H,7-12H2,1-2H3,(H,18,21). The van der Waals surface area contributed by atoms with Crippen LogP contribution in [0.1, 0.15) is 18.9 Å². The quantitative estimate of drug-likeness (QED) is 0.808. The highest BCUT2D eigenvalue weighted by Crippen LogP contribution is 2.19. The molecule has 1 aromatic carbocycles. The van der Waals surface area contributed by atoms with E-state index in [-0.39, 0.29) is 31.4 Å². The Bertz CT molecular complexity index is 592. The van der Waals surface area contributed by atoms with E-state index in [4.69, 9.17) is 9.47 Å². The van der Waals surface area contributed by atoms with Gasteiger partial charge in [-0.15, -0.1) is 0 Å². The van der Waals surface area contributed by atoms with E-state index in [2.05, 4.69) is 5.32 Å². The maximum Gasteiger partial charge on any atom is 0.223 e. The van der Waals surface area contributed by atoms with Gasteiger partial charge in [-0.1, -0.05) is 18.2 Å². The van der Waals surface area contributed by atoms with Crippen LogP contribution in [0.2, 0.25) is 0 Å². The summed E-state index contributed by atoms with van der Waals surface area (Å²) in [6.45, 7) is 2.62. The zero-order valence-electron chi connectivity index (χ0n) is 14.1. The predicted molar refractivity (Wildman–Crippen MR) is 87.5 cm³/mol. The highest BCUT2D eigenvalue weighted by atomic mass is 16.5. The van der Waals surface area contributed by atoms with Gasteiger partial charge in [0.25, 0.3) is 0 Å². The number of nitrogens with one attached hydrogen (secondary N) is 1. The van der Waals surface area contributed by atoms with Crippen LogP contribution < -0.4 is 10.1 Å². The van der Waals surface area contributed by atoms with Gasteiger partial charge in [0.15, 0.2) is 0 Å². The van der Waals surface area contributed by atoms with Gasteiger partial charge in [-0.3, -0.25) is 9.59 Å². The van der Waals surface area contributed by atoms with Crippen molar-refractivity contribution in [2.24, 2.45) is 0 Å². The molecule has 1 saturated heterocycles. The van der Waals surface area contributed by atoms with Crippen LogP contribution in [0, 0.1) is 0 Å². The number of amides is 2. The first-order valence-electron chi connectivity index (χ1n) is 7.88. The van der Waals surface area contributed by atoms with E-state index in [0.717, 1.165) is 5.56 Å². The third kappa shape index (κ3) is 4.94. The molecule has 1 aromatic rings. The summed E-state index contributed by atoms with van der Waals surface area (Å²) < 4.78 is 10.6. The molecular formula is C17H24N2O5. The lowest BCUT2D eigenvalue weighted by Crippen LogP contribution is -2.48. The molecule has 0 radical (unpaired) electrons. The molecule has 1 heterocycles. The molecule has 1 fully saturated rings. The average molecular weight is 336 g/mol. The summed E-state index contributed by atoms with van der Waals surface area (Å²) in [6, 6.07) is 7.40. The van der Waals surface area contributed by atoms with Crippen molar-refractivity contribution in [1.29, 1.82) is 0 Å². The number of nitrogens with zero attached hydrogens (tertiary/aromatic N) is 1. The number of carbonyl (C=O) groups is 2. The van der Waals surface area contributed by atoms with Crippen molar-refractivity contribution in [3.63, 3.8) is 0 Å². The van der Waals surface area contributed by atoms with E-state index in [1.54, 1.807) is 7.11 Å². The van der Waals surface area contributed by atoms with Gasteiger partial charge in [-0.05, 0) is 6.07 Å². The van der Waals surface area contributed by atoms with Gasteiger partial charge in [0, 0.05) is 25.6 Å². The van der Waals surface area contributed by atoms with Crippen molar-refractivity contribution in [3.05, 3.63) is 29.8 Å². The molecule has 2 N–H and O–H groups in total. The van der Waals surface area contributed by atoms with Gasteiger partial charge in [0.05, 0.1) is 33.3 Å². The monoisotopic (exact) mass is 336 g/mol. The lowest BCUT2D eigenvalue weighted by Gasteiger charge is -2.29. The SMILES string of the molecule is COc1ccccc1CNC(=O)CC1(O)COCCN(C(C)=O)C1. The minimum Gasteiger partial charge on any atom is -0.496 e. The molecule has 7 heteroatoms. The normalized spacial score (nSPS) is 21.0. The second-order valence-electron chi connectivity index (χ2n) is 5.98. The third-order valence-corrected chi connectivity index (χ3v) is 3.96. The van der Waals surface area contributed by atoms with E-state index in [1.807, 2.05) is 24.3 Å². The number of hydrogen-bond acceptors (Lipinski definition) is 5. The summed E-state index contributed by atoms with van der Waals surface area (Å²) in [5.41, 5.74) is -0.532. The smallest absolute Gasteiger partial charge is 0.223 e. The van der Waals surface area contributed by atoms with Crippen molar-refractivity contribution in [2.75, 3.05) is 33.4 Å². The van der Waals surface area contributed by atoms with Gasteiger partial charge in [0.1, 0.15) is 11.4 Å². The Morgan fingerprint density at radius 2 is 2.17 bits per heavy atom. The number of rotatable bonds is 5. The van der Waals surface area contributed by atoms with Crippen LogP contribution in [-0.4, -0.2) is 60.8 Å². The predicted octanol–water partition coefficient (Wildman–Crippen LogP) is 0.311. The number of hydrogen-bond donors (Lipinski definition) is 2. The van der Waals surface area contributed by atoms with Gasteiger partial charge < -0.3 is 24.8 Å². The molecule has 24 heavy (non-hydrogen) atoms. The Labute approximate surface area is 141 Å². The van der Waals surface area contributed by atoms with Crippen LogP contribution in [-0.2, 0) is 20.9 Å². The van der Waals surface area contributed by atoms with E-state index < -0.39 is 5.60 Å². The lowest BCUT2D eigenvalue weighted by atomic mass is 9.99. The number of carbonyl (C=O) groups excluding carboxylic acids is 2. The number of para-hydroxylation sites is 1. The van der Waals surface area contributed by atoms with Gasteiger partial charge >= 0.3 is 0 Å². The maximum absolute atomic E-state index is 12.2. The second-order valence-corrected chi connectivity index (χ2v) is 5.98. The Morgan fingerprint density at radius 3 is 2.88 bits per heavy atom. The van der Waals surface area contributed by atoms with Crippen molar-refractivity contribution in [3.8, 4) is 5.75 Å². The van der Waals surface area contributed by atoms with E-state index >= 15 is 0 Å². The summed E-state index contributed by atoms with van der Waals surface area (Å²) in [7, 11) is 1.57. The average Bonchev–Trinajstić information content (AvgIpc) is 2.75. The van der Waals surface area contributed by atoms with Crippen LogP contribution in [0.5, 0.6) is 5.75 Å². The van der Waals surface area contributed by atoms with E-state index in [9.17, 15) is 14.7 Å². The molecule has 1 atom stereocenters. The minimum atomic E-state index is -1.38. The molecule has 2 amide bonds. The summed E-state index contributed by atoms with van der Waals surface area (Å²) in [6.07, 6.45) is -0.133. The molecule has 0 bridgehead atoms. The highest BCUT2D eigenvalue weighted by Gasteiger charge is 2.35. The fourth-order valence-corrected chi connectivity index (χ4v) is 2.70. The highest BCUT2D eigenvalue weighted by molar-refractivity contribution is 5.77. The minimum absolute atomic E-state index is 0.0266. The first-order valence-corrected chi connectivity index (χ1v) is 7.88. The molecule has 2 rings (SSSR count). The molecule has 1 unspecified atom stereocenters. The summed E-state index contributed by atoms with van der Waals surface area (Å²) >= 11 is 0. The van der Waals surface area contributed by atoms with Crippen molar-refractivity contribution < 1.29 is 24.2 Å². The fourth-order valence-electron chi connectivity index (χ4n) is 2.70. The van der Waals surface area contributed by atoms with Crippen LogP contribution in [0.3, 0.4) is 0 Å². The lowest BCUT2D eigenvalue weighted by molar-refractivity contribution is -0.136. The first kappa shape index (κ1) is 18.2. The Balaban J connectivity index is 1.94. The molecule has 0 spiro atoms. The number of aliphatic hydroxyl groups is 1. The molecule has 0 aliphatic carbocycles. The summed E-state index contributed by atoms with van der Waals surface area (Å²) in [5, 5.41) is 13.4. The number of methoxy groups -OCH3 is 1. The Hall–Kier alpha value is -2.12. The van der Waals surface area contributed by atoms with Crippen LogP contribution in [0.15, 0.2) is 24.3 Å². The molecule has 1 aliphatic heterocycles. The number of benzene rings is 1. The number of ether oxygens (including phenoxy) is 2. The second kappa shape index (κ2) is 8.12. The van der Waals surface area contributed by atoms with Crippen LogP contribution in [0.25, 0.3) is 0 Å². The van der Waals surface area contributed by atoms with E-state index in [0.29, 0.717) is 25.4 Å². The topological polar surface area (TPSA) is 88.1 Å². The molecule has 132 valence electrons. The van der Waals surface area contributed by atoms with Crippen LogP contribution in [0.4, 0.5) is 0 Å². The zero-order valence-corrected chi connectivity index (χ0v) is 14.1. The zero-order chi connectivity index (χ0) is 17.6. The first-order chi connectivity index (χ1) is 11.4. The third-order valence-electron chi connectivity index (χ3n) is 3.96. The maximum atomic E-state index is 12.2. The fraction of sp³-hybridized carbons (Fsp3) is 0.529. The Kier molecular flexibility index (Phi) is 6.16. The molecule has 1 aliphatic rings.